The van der Waals surface area contributed by atoms with E-state index >= 15 is 0 Å². The first-order valence-electron chi connectivity index (χ1n) is 6.82. The van der Waals surface area contributed by atoms with Crippen LogP contribution >= 0.6 is 0 Å². The van der Waals surface area contributed by atoms with Crippen LogP contribution in [0, 0.1) is 20.9 Å². The summed E-state index contributed by atoms with van der Waals surface area (Å²) >= 11 is 0. The van der Waals surface area contributed by atoms with Crippen LogP contribution in [0.1, 0.15) is 0 Å². The Bertz CT molecular complexity index is 851. The third-order valence-electron chi connectivity index (χ3n) is 3.81. The highest BCUT2D eigenvalue weighted by Gasteiger charge is 2.59. The van der Waals surface area contributed by atoms with Crippen molar-refractivity contribution in [2.24, 2.45) is 16.3 Å². The van der Waals surface area contributed by atoms with E-state index in [0.29, 0.717) is 10.0 Å². The SMILES string of the molecule is COC(=O)C1=NN(N=O)[C@@H]2C(=O)N(c3cccc([N+](=O)[O-])c3)C(=O)[C@H]12. The molecule has 2 amide bonds. The van der Waals surface area contributed by atoms with Crippen molar-refractivity contribution in [2.45, 2.75) is 6.04 Å². The van der Waals surface area contributed by atoms with Gasteiger partial charge in [0.05, 0.1) is 23.0 Å². The number of methoxy groups -OCH3 is 1. The topological polar surface area (TPSA) is 152 Å². The van der Waals surface area contributed by atoms with E-state index in [0.717, 1.165) is 13.2 Å². The average Bonchev–Trinajstić information content (AvgIpc) is 3.11. The van der Waals surface area contributed by atoms with Crippen LogP contribution < -0.4 is 4.90 Å². The van der Waals surface area contributed by atoms with Crippen LogP contribution in [0.5, 0.6) is 0 Å². The molecule has 25 heavy (non-hydrogen) atoms. The maximum atomic E-state index is 12.6. The van der Waals surface area contributed by atoms with E-state index in [2.05, 4.69) is 15.1 Å². The number of carbonyl (C=O) groups excluding carboxylic acids is 3. The van der Waals surface area contributed by atoms with Crippen LogP contribution in [0.2, 0.25) is 0 Å². The number of nitro groups is 1. The summed E-state index contributed by atoms with van der Waals surface area (Å²) in [6.45, 7) is 0. The lowest BCUT2D eigenvalue weighted by Crippen LogP contribution is -2.36. The minimum absolute atomic E-state index is 0.0614. The summed E-state index contributed by atoms with van der Waals surface area (Å²) < 4.78 is 4.50. The molecule has 0 spiro atoms. The van der Waals surface area contributed by atoms with Gasteiger partial charge in [-0.1, -0.05) is 6.07 Å². The second kappa shape index (κ2) is 5.74. The minimum atomic E-state index is -1.43. The first kappa shape index (κ1) is 16.2. The summed E-state index contributed by atoms with van der Waals surface area (Å²) in [5.41, 5.74) is -0.825. The summed E-state index contributed by atoms with van der Waals surface area (Å²) in [7, 11) is 1.05. The second-order valence-corrected chi connectivity index (χ2v) is 5.09. The van der Waals surface area contributed by atoms with Crippen LogP contribution in [-0.4, -0.2) is 46.7 Å². The molecule has 12 nitrogen and oxygen atoms in total. The van der Waals surface area contributed by atoms with Gasteiger partial charge in [-0.3, -0.25) is 19.7 Å². The monoisotopic (exact) mass is 347 g/mol. The molecular weight excluding hydrogens is 338 g/mol. The predicted octanol–water partition coefficient (Wildman–Crippen LogP) is -0.0212. The molecule has 1 saturated heterocycles. The van der Waals surface area contributed by atoms with E-state index < -0.39 is 40.4 Å². The fourth-order valence-electron chi connectivity index (χ4n) is 2.73. The Hall–Kier alpha value is -3.70. The van der Waals surface area contributed by atoms with Gasteiger partial charge in [0, 0.05) is 12.1 Å². The maximum absolute atomic E-state index is 12.6. The van der Waals surface area contributed by atoms with Crippen molar-refractivity contribution >= 4 is 34.9 Å². The average molecular weight is 347 g/mol. The van der Waals surface area contributed by atoms with E-state index in [1.54, 1.807) is 0 Å². The first-order valence-corrected chi connectivity index (χ1v) is 6.82. The molecule has 0 bridgehead atoms. The first-order chi connectivity index (χ1) is 11.9. The Morgan fingerprint density at radius 1 is 1.36 bits per heavy atom. The second-order valence-electron chi connectivity index (χ2n) is 5.09. The van der Waals surface area contributed by atoms with Gasteiger partial charge >= 0.3 is 5.97 Å². The summed E-state index contributed by atoms with van der Waals surface area (Å²) in [4.78, 5) is 58.7. The molecule has 2 atom stereocenters. The van der Waals surface area contributed by atoms with Crippen molar-refractivity contribution in [2.75, 3.05) is 12.0 Å². The highest BCUT2D eigenvalue weighted by Crippen LogP contribution is 2.36. The summed E-state index contributed by atoms with van der Waals surface area (Å²) in [5, 5.41) is 17.4. The van der Waals surface area contributed by atoms with Gasteiger partial charge in [-0.05, 0) is 6.07 Å². The van der Waals surface area contributed by atoms with Gasteiger partial charge in [0.1, 0.15) is 5.92 Å². The van der Waals surface area contributed by atoms with Crippen molar-refractivity contribution in [1.29, 1.82) is 0 Å². The van der Waals surface area contributed by atoms with Gasteiger partial charge in [-0.2, -0.15) is 0 Å². The number of hydrogen-bond donors (Lipinski definition) is 0. The van der Waals surface area contributed by atoms with Gasteiger partial charge in [-0.15, -0.1) is 15.1 Å². The van der Waals surface area contributed by atoms with E-state index in [-0.39, 0.29) is 11.4 Å². The van der Waals surface area contributed by atoms with Crippen LogP contribution in [0.15, 0.2) is 34.7 Å². The van der Waals surface area contributed by atoms with E-state index in [4.69, 9.17) is 0 Å². The predicted molar refractivity (Wildman–Crippen MR) is 80.0 cm³/mol. The molecule has 2 heterocycles. The highest BCUT2D eigenvalue weighted by molar-refractivity contribution is 6.46. The standard InChI is InChI=1S/C13H9N5O7/c1-25-13(21)9-8-10(17(14-9)15-22)12(20)16(11(8)19)6-3-2-4-7(5-6)18(23)24/h2-5,8,10H,1H3/t8-,10+/m1/s1. The molecular formula is C13H9N5O7. The summed E-state index contributed by atoms with van der Waals surface area (Å²) in [6.07, 6.45) is 0. The quantitative estimate of drug-likeness (QED) is 0.242. The number of rotatable bonds is 4. The van der Waals surface area contributed by atoms with Crippen molar-refractivity contribution < 1.29 is 24.0 Å². The number of amides is 2. The number of hydrazone groups is 1. The molecule has 128 valence electrons. The van der Waals surface area contributed by atoms with Crippen LogP contribution in [0.25, 0.3) is 0 Å². The third-order valence-corrected chi connectivity index (χ3v) is 3.81. The Kier molecular flexibility index (Phi) is 3.71. The van der Waals surface area contributed by atoms with Crippen molar-refractivity contribution in [3.05, 3.63) is 39.3 Å². The van der Waals surface area contributed by atoms with Crippen molar-refractivity contribution in [1.82, 2.24) is 5.12 Å². The molecule has 0 radical (unpaired) electrons. The molecule has 12 heteroatoms. The zero-order chi connectivity index (χ0) is 18.3. The largest absolute Gasteiger partial charge is 0.464 e. The molecule has 0 unspecified atom stereocenters. The lowest BCUT2D eigenvalue weighted by atomic mass is 9.98. The van der Waals surface area contributed by atoms with Gasteiger partial charge in [0.25, 0.3) is 11.6 Å². The number of benzene rings is 1. The number of ether oxygens (including phenoxy) is 1. The molecule has 1 aromatic rings. The number of carbonyl (C=O) groups is 3. The molecule has 1 fully saturated rings. The van der Waals surface area contributed by atoms with E-state index in [1.807, 2.05) is 0 Å². The molecule has 2 aliphatic heterocycles. The van der Waals surface area contributed by atoms with Gasteiger partial charge in [-0.25, -0.2) is 9.69 Å². The highest BCUT2D eigenvalue weighted by atomic mass is 16.6. The zero-order valence-electron chi connectivity index (χ0n) is 12.6. The summed E-state index contributed by atoms with van der Waals surface area (Å²) in [5.74, 6) is -4.09. The lowest BCUT2D eigenvalue weighted by molar-refractivity contribution is -0.384. The summed E-state index contributed by atoms with van der Waals surface area (Å²) in [6, 6.07) is 3.41. The number of nitro benzene ring substituents is 1. The fourth-order valence-corrected chi connectivity index (χ4v) is 2.73. The van der Waals surface area contributed by atoms with Crippen molar-refractivity contribution in [3.63, 3.8) is 0 Å². The van der Waals surface area contributed by atoms with Gasteiger partial charge < -0.3 is 4.74 Å². The minimum Gasteiger partial charge on any atom is -0.464 e. The molecule has 2 aliphatic rings. The number of fused-ring (bicyclic) bond motifs is 1. The fraction of sp³-hybridized carbons (Fsp3) is 0.231. The Labute approximate surface area is 138 Å². The molecule has 3 rings (SSSR count). The van der Waals surface area contributed by atoms with Crippen molar-refractivity contribution in [3.8, 4) is 0 Å². The number of non-ortho nitro benzene ring substituents is 1. The number of anilines is 1. The number of imide groups is 1. The number of hydrogen-bond acceptors (Lipinski definition) is 9. The Balaban J connectivity index is 2.05. The molecule has 0 aromatic heterocycles. The van der Waals surface area contributed by atoms with Gasteiger partial charge in [0.2, 0.25) is 5.91 Å². The van der Waals surface area contributed by atoms with E-state index in [9.17, 15) is 29.4 Å². The Morgan fingerprint density at radius 3 is 2.68 bits per heavy atom. The Morgan fingerprint density at radius 2 is 2.08 bits per heavy atom. The van der Waals surface area contributed by atoms with Crippen LogP contribution in [-0.2, 0) is 19.1 Å². The number of nitrogens with zero attached hydrogens (tertiary/aromatic N) is 5. The van der Waals surface area contributed by atoms with Crippen LogP contribution in [0.4, 0.5) is 11.4 Å². The van der Waals surface area contributed by atoms with Gasteiger partial charge in [0.15, 0.2) is 11.8 Å². The molecule has 1 aromatic carbocycles. The van der Waals surface area contributed by atoms with E-state index in [1.165, 1.54) is 18.2 Å². The number of nitroso groups, excluding NO2 is 1. The molecule has 0 aliphatic carbocycles. The lowest BCUT2D eigenvalue weighted by Gasteiger charge is -2.16. The zero-order valence-corrected chi connectivity index (χ0v) is 12.6. The number of esters is 1. The maximum Gasteiger partial charge on any atom is 0.355 e. The third kappa shape index (κ3) is 2.31. The normalized spacial score (nSPS) is 21.9. The van der Waals surface area contributed by atoms with Crippen LogP contribution in [0.3, 0.4) is 0 Å². The smallest absolute Gasteiger partial charge is 0.355 e. The molecule has 0 N–H and O–H groups in total. The molecule has 0 saturated carbocycles.